The van der Waals surface area contributed by atoms with E-state index in [1.807, 2.05) is 0 Å². The molecule has 0 aliphatic heterocycles. The van der Waals surface area contributed by atoms with E-state index < -0.39 is 22.8 Å². The van der Waals surface area contributed by atoms with Crippen LogP contribution in [0.5, 0.6) is 23.0 Å². The standard InChI is InChI=1S/C24H26O8/c1-2-3-4-5-6-7-8-9-10-30-20-16(26)12-14-18-17-13(24(29)32-22(18)20)11-15(25)19(27)21(17)31-23(14)28/h11-12,25-27H,2-10H2,1H3. The summed E-state index contributed by atoms with van der Waals surface area (Å²) in [6, 6.07) is 2.25. The fraction of sp³-hybridized carbons (Fsp3) is 0.417. The van der Waals surface area contributed by atoms with E-state index in [2.05, 4.69) is 6.92 Å². The van der Waals surface area contributed by atoms with Crippen molar-refractivity contribution in [2.75, 3.05) is 6.61 Å². The molecule has 0 amide bonds. The Hall–Kier alpha value is -3.42. The van der Waals surface area contributed by atoms with Crippen LogP contribution in [0.15, 0.2) is 30.6 Å². The van der Waals surface area contributed by atoms with Crippen molar-refractivity contribution in [2.24, 2.45) is 0 Å². The fourth-order valence-corrected chi connectivity index (χ4v) is 4.12. The van der Waals surface area contributed by atoms with Crippen molar-refractivity contribution in [3.8, 4) is 23.0 Å². The van der Waals surface area contributed by atoms with Gasteiger partial charge in [-0.15, -0.1) is 0 Å². The molecule has 0 spiro atoms. The number of aromatic hydroxyl groups is 3. The molecule has 0 bridgehead atoms. The molecule has 4 rings (SSSR count). The Labute approximate surface area is 183 Å². The van der Waals surface area contributed by atoms with E-state index in [4.69, 9.17) is 13.6 Å². The molecule has 0 aliphatic carbocycles. The highest BCUT2D eigenvalue weighted by Gasteiger charge is 2.25. The summed E-state index contributed by atoms with van der Waals surface area (Å²) in [6.07, 6.45) is 8.95. The second-order valence-corrected chi connectivity index (χ2v) is 8.07. The zero-order chi connectivity index (χ0) is 22.8. The highest BCUT2D eigenvalue weighted by molar-refractivity contribution is 6.22. The predicted molar refractivity (Wildman–Crippen MR) is 120 cm³/mol. The van der Waals surface area contributed by atoms with E-state index in [0.29, 0.717) is 6.61 Å². The monoisotopic (exact) mass is 442 g/mol. The molecular formula is C24H26O8. The first-order chi connectivity index (χ1) is 15.4. The Morgan fingerprint density at radius 1 is 0.750 bits per heavy atom. The van der Waals surface area contributed by atoms with Crippen molar-refractivity contribution >= 4 is 32.7 Å². The van der Waals surface area contributed by atoms with Crippen molar-refractivity contribution in [2.45, 2.75) is 58.3 Å². The normalized spacial score (nSPS) is 11.8. The number of hydrogen-bond acceptors (Lipinski definition) is 8. The van der Waals surface area contributed by atoms with Crippen LogP contribution in [0, 0.1) is 0 Å². The minimum atomic E-state index is -0.858. The number of ether oxygens (including phenoxy) is 1. The van der Waals surface area contributed by atoms with Crippen LogP contribution in [0.2, 0.25) is 0 Å². The van der Waals surface area contributed by atoms with Crippen LogP contribution in [-0.4, -0.2) is 21.9 Å². The smallest absolute Gasteiger partial charge is 0.344 e. The summed E-state index contributed by atoms with van der Waals surface area (Å²) in [5.41, 5.74) is -2.10. The van der Waals surface area contributed by atoms with Gasteiger partial charge in [-0.3, -0.25) is 0 Å². The molecule has 0 saturated heterocycles. The number of hydrogen-bond donors (Lipinski definition) is 3. The number of unbranched alkanes of at least 4 members (excludes halogenated alkanes) is 7. The Morgan fingerprint density at radius 3 is 1.94 bits per heavy atom. The number of phenolic OH excluding ortho intramolecular Hbond substituents is 3. The van der Waals surface area contributed by atoms with Crippen LogP contribution in [0.1, 0.15) is 58.3 Å². The molecule has 0 aliphatic rings. The average Bonchev–Trinajstić information content (AvgIpc) is 2.76. The maximum atomic E-state index is 12.6. The lowest BCUT2D eigenvalue weighted by atomic mass is 10.0. The van der Waals surface area contributed by atoms with Gasteiger partial charge in [-0.05, 0) is 18.6 Å². The Bertz CT molecular complexity index is 1360. The van der Waals surface area contributed by atoms with Crippen LogP contribution in [0.25, 0.3) is 32.7 Å². The number of rotatable bonds is 10. The van der Waals surface area contributed by atoms with Crippen LogP contribution in [0.3, 0.4) is 0 Å². The van der Waals surface area contributed by atoms with Gasteiger partial charge in [-0.25, -0.2) is 9.59 Å². The van der Waals surface area contributed by atoms with Crippen molar-refractivity contribution in [3.63, 3.8) is 0 Å². The van der Waals surface area contributed by atoms with Crippen molar-refractivity contribution < 1.29 is 28.9 Å². The average molecular weight is 442 g/mol. The topological polar surface area (TPSA) is 130 Å². The van der Waals surface area contributed by atoms with Crippen LogP contribution in [-0.2, 0) is 0 Å². The Kier molecular flexibility index (Phi) is 6.12. The molecule has 4 aromatic rings. The molecule has 8 nitrogen and oxygen atoms in total. The Morgan fingerprint density at radius 2 is 1.28 bits per heavy atom. The third-order valence-electron chi connectivity index (χ3n) is 5.78. The van der Waals surface area contributed by atoms with E-state index in [0.717, 1.165) is 25.3 Å². The molecule has 0 radical (unpaired) electrons. The van der Waals surface area contributed by atoms with E-state index in [-0.39, 0.29) is 44.2 Å². The molecule has 2 heterocycles. The zero-order valence-corrected chi connectivity index (χ0v) is 17.9. The third-order valence-corrected chi connectivity index (χ3v) is 5.78. The highest BCUT2D eigenvalue weighted by Crippen LogP contribution is 2.44. The molecule has 2 aromatic carbocycles. The summed E-state index contributed by atoms with van der Waals surface area (Å²) in [5, 5.41) is 30.7. The molecule has 3 N–H and O–H groups in total. The first-order valence-electron chi connectivity index (χ1n) is 11.0. The summed E-state index contributed by atoms with van der Waals surface area (Å²) in [4.78, 5) is 25.0. The lowest BCUT2D eigenvalue weighted by molar-refractivity contribution is 0.287. The molecule has 0 unspecified atom stereocenters. The maximum Gasteiger partial charge on any atom is 0.344 e. The van der Waals surface area contributed by atoms with Gasteiger partial charge < -0.3 is 28.9 Å². The van der Waals surface area contributed by atoms with Gasteiger partial charge in [0.1, 0.15) is 0 Å². The lowest BCUT2D eigenvalue weighted by Gasteiger charge is -2.14. The minimum Gasteiger partial charge on any atom is -0.504 e. The summed E-state index contributed by atoms with van der Waals surface area (Å²) in [7, 11) is 0. The van der Waals surface area contributed by atoms with Gasteiger partial charge >= 0.3 is 11.3 Å². The first kappa shape index (κ1) is 21.8. The summed E-state index contributed by atoms with van der Waals surface area (Å²) >= 11 is 0. The molecular weight excluding hydrogens is 416 g/mol. The minimum absolute atomic E-state index is 0.0248. The van der Waals surface area contributed by atoms with E-state index in [9.17, 15) is 24.9 Å². The van der Waals surface area contributed by atoms with Gasteiger partial charge in [0.25, 0.3) is 0 Å². The summed E-state index contributed by atoms with van der Waals surface area (Å²) < 4.78 is 16.3. The van der Waals surface area contributed by atoms with E-state index in [1.54, 1.807) is 0 Å². The molecule has 0 atom stereocenters. The maximum absolute atomic E-state index is 12.6. The number of phenols is 3. The van der Waals surface area contributed by atoms with Gasteiger partial charge in [0.05, 0.1) is 17.4 Å². The van der Waals surface area contributed by atoms with Crippen LogP contribution in [0.4, 0.5) is 0 Å². The van der Waals surface area contributed by atoms with Crippen molar-refractivity contribution in [3.05, 3.63) is 33.0 Å². The molecule has 32 heavy (non-hydrogen) atoms. The molecule has 170 valence electrons. The van der Waals surface area contributed by atoms with Gasteiger partial charge in [0.15, 0.2) is 22.7 Å². The van der Waals surface area contributed by atoms with Crippen LogP contribution < -0.4 is 16.0 Å². The van der Waals surface area contributed by atoms with Crippen molar-refractivity contribution in [1.82, 2.24) is 0 Å². The van der Waals surface area contributed by atoms with Gasteiger partial charge in [-0.2, -0.15) is 0 Å². The molecule has 2 aromatic heterocycles. The molecule has 8 heteroatoms. The SMILES string of the molecule is CCCCCCCCCCOc1c(O)cc2c(=O)oc3c(O)c(O)cc4c(=O)oc1c2c34. The first-order valence-corrected chi connectivity index (χ1v) is 11.0. The summed E-state index contributed by atoms with van der Waals surface area (Å²) in [6.45, 7) is 2.49. The quantitative estimate of drug-likeness (QED) is 0.133. The summed E-state index contributed by atoms with van der Waals surface area (Å²) in [5.74, 6) is -1.66. The second-order valence-electron chi connectivity index (χ2n) is 8.07. The molecule has 0 fully saturated rings. The number of benzene rings is 2. The fourth-order valence-electron chi connectivity index (χ4n) is 4.12. The van der Waals surface area contributed by atoms with Crippen molar-refractivity contribution in [1.29, 1.82) is 0 Å². The molecule has 0 saturated carbocycles. The van der Waals surface area contributed by atoms with E-state index >= 15 is 0 Å². The van der Waals surface area contributed by atoms with E-state index in [1.165, 1.54) is 38.2 Å². The highest BCUT2D eigenvalue weighted by atomic mass is 16.5. The van der Waals surface area contributed by atoms with Gasteiger partial charge in [-0.1, -0.05) is 51.9 Å². The zero-order valence-electron chi connectivity index (χ0n) is 17.9. The lowest BCUT2D eigenvalue weighted by Crippen LogP contribution is -2.08. The predicted octanol–water partition coefficient (Wildman–Crippen LogP) is 5.13. The second kappa shape index (κ2) is 8.98. The largest absolute Gasteiger partial charge is 0.504 e. The van der Waals surface area contributed by atoms with Crippen LogP contribution >= 0.6 is 0 Å². The third kappa shape index (κ3) is 3.81. The Balaban J connectivity index is 1.65. The van der Waals surface area contributed by atoms with Gasteiger partial charge in [0.2, 0.25) is 11.5 Å². The van der Waals surface area contributed by atoms with Gasteiger partial charge in [0, 0.05) is 10.8 Å².